The summed E-state index contributed by atoms with van der Waals surface area (Å²) in [5.74, 6) is 0. The summed E-state index contributed by atoms with van der Waals surface area (Å²) in [5, 5.41) is 0. The molecule has 0 atom stereocenters. The molecule has 2 N–H and O–H groups in total. The van der Waals surface area contributed by atoms with Gasteiger partial charge in [-0.15, -0.1) is 0 Å². The Kier molecular flexibility index (Phi) is 3.70. The highest BCUT2D eigenvalue weighted by molar-refractivity contribution is 9.10. The molecule has 0 aliphatic carbocycles. The molecule has 1 aromatic rings. The average Bonchev–Trinajstić information content (AvgIpc) is 2.11. The van der Waals surface area contributed by atoms with Crippen molar-refractivity contribution in [2.45, 2.75) is 13.8 Å². The molecule has 0 unspecified atom stereocenters. The van der Waals surface area contributed by atoms with Crippen molar-refractivity contribution in [3.63, 3.8) is 0 Å². The zero-order valence-corrected chi connectivity index (χ0v) is 9.56. The second-order valence-corrected chi connectivity index (χ2v) is 4.11. The van der Waals surface area contributed by atoms with Crippen LogP contribution in [0.25, 0.3) is 6.08 Å². The topological polar surface area (TPSA) is 26.0 Å². The van der Waals surface area contributed by atoms with Gasteiger partial charge in [-0.1, -0.05) is 33.6 Å². The van der Waals surface area contributed by atoms with E-state index >= 15 is 0 Å². The van der Waals surface area contributed by atoms with Gasteiger partial charge in [-0.2, -0.15) is 0 Å². The van der Waals surface area contributed by atoms with Gasteiger partial charge in [0, 0.05) is 11.0 Å². The van der Waals surface area contributed by atoms with Crippen molar-refractivity contribution in [3.8, 4) is 0 Å². The van der Waals surface area contributed by atoms with E-state index in [-0.39, 0.29) is 0 Å². The van der Waals surface area contributed by atoms with E-state index < -0.39 is 0 Å². The predicted octanol–water partition coefficient (Wildman–Crippen LogP) is 3.12. The van der Waals surface area contributed by atoms with E-state index in [0.717, 1.165) is 4.47 Å². The highest BCUT2D eigenvalue weighted by atomic mass is 79.9. The third-order valence-corrected chi connectivity index (χ3v) is 2.46. The number of rotatable bonds is 2. The minimum atomic E-state index is 0.617. The maximum absolute atomic E-state index is 5.53. The van der Waals surface area contributed by atoms with E-state index in [1.165, 1.54) is 16.7 Å². The molecule has 0 amide bonds. The van der Waals surface area contributed by atoms with Crippen LogP contribution in [0.1, 0.15) is 18.1 Å². The van der Waals surface area contributed by atoms with Crippen molar-refractivity contribution < 1.29 is 0 Å². The third-order valence-electron chi connectivity index (χ3n) is 1.97. The Bertz CT molecular complexity index is 329. The first-order valence-corrected chi connectivity index (χ1v) is 5.06. The molecule has 0 bridgehead atoms. The van der Waals surface area contributed by atoms with E-state index in [0.29, 0.717) is 6.54 Å². The van der Waals surface area contributed by atoms with Crippen molar-refractivity contribution in [1.29, 1.82) is 0 Å². The Morgan fingerprint density at radius 1 is 1.54 bits per heavy atom. The largest absolute Gasteiger partial charge is 0.327 e. The van der Waals surface area contributed by atoms with E-state index in [9.17, 15) is 0 Å². The lowest BCUT2D eigenvalue weighted by molar-refractivity contribution is 1.15. The molecule has 0 aliphatic heterocycles. The van der Waals surface area contributed by atoms with Gasteiger partial charge in [-0.05, 0) is 37.1 Å². The van der Waals surface area contributed by atoms with Gasteiger partial charge in [0.25, 0.3) is 0 Å². The van der Waals surface area contributed by atoms with Gasteiger partial charge in [0.15, 0.2) is 0 Å². The van der Waals surface area contributed by atoms with Crippen molar-refractivity contribution in [1.82, 2.24) is 0 Å². The molecule has 0 aromatic heterocycles. The van der Waals surface area contributed by atoms with E-state index in [2.05, 4.69) is 41.1 Å². The lowest BCUT2D eigenvalue weighted by Gasteiger charge is -2.02. The van der Waals surface area contributed by atoms with Crippen molar-refractivity contribution >= 4 is 22.0 Å². The highest BCUT2D eigenvalue weighted by Crippen LogP contribution is 2.18. The quantitative estimate of drug-likeness (QED) is 0.844. The van der Waals surface area contributed by atoms with Gasteiger partial charge < -0.3 is 5.73 Å². The molecule has 0 saturated heterocycles. The molecular weight excluding hydrogens is 226 g/mol. The zero-order valence-electron chi connectivity index (χ0n) is 7.97. The van der Waals surface area contributed by atoms with Gasteiger partial charge >= 0.3 is 0 Å². The Morgan fingerprint density at radius 3 is 2.85 bits per heavy atom. The van der Waals surface area contributed by atoms with Crippen LogP contribution in [0.3, 0.4) is 0 Å². The molecule has 0 aliphatic rings. The van der Waals surface area contributed by atoms with Crippen LogP contribution in [-0.2, 0) is 0 Å². The zero-order chi connectivity index (χ0) is 9.84. The van der Waals surface area contributed by atoms with E-state index in [1.807, 2.05) is 13.0 Å². The van der Waals surface area contributed by atoms with Crippen LogP contribution < -0.4 is 5.73 Å². The summed E-state index contributed by atoms with van der Waals surface area (Å²) in [4.78, 5) is 0. The normalized spacial score (nSPS) is 11.8. The number of hydrogen-bond acceptors (Lipinski definition) is 1. The lowest BCUT2D eigenvalue weighted by atomic mass is 10.1. The highest BCUT2D eigenvalue weighted by Gasteiger charge is 1.96. The van der Waals surface area contributed by atoms with Gasteiger partial charge in [0.1, 0.15) is 0 Å². The summed E-state index contributed by atoms with van der Waals surface area (Å²) in [5.41, 5.74) is 9.23. The number of hydrogen-bond donors (Lipinski definition) is 1. The second kappa shape index (κ2) is 4.58. The first-order chi connectivity index (χ1) is 6.13. The Labute approximate surface area is 87.8 Å². The number of halogens is 1. The summed E-state index contributed by atoms with van der Waals surface area (Å²) >= 11 is 3.45. The molecule has 0 fully saturated rings. The van der Waals surface area contributed by atoms with Crippen molar-refractivity contribution in [3.05, 3.63) is 39.4 Å². The van der Waals surface area contributed by atoms with Crippen LogP contribution in [0.15, 0.2) is 28.2 Å². The minimum Gasteiger partial charge on any atom is -0.327 e. The molecule has 2 heteroatoms. The van der Waals surface area contributed by atoms with Crippen molar-refractivity contribution in [2.24, 2.45) is 5.73 Å². The summed E-state index contributed by atoms with van der Waals surface area (Å²) in [6.07, 6.45) is 2.13. The van der Waals surface area contributed by atoms with Crippen LogP contribution >= 0.6 is 15.9 Å². The van der Waals surface area contributed by atoms with Gasteiger partial charge in [0.2, 0.25) is 0 Å². The number of benzene rings is 1. The maximum Gasteiger partial charge on any atom is 0.0181 e. The summed E-state index contributed by atoms with van der Waals surface area (Å²) in [7, 11) is 0. The Morgan fingerprint density at radius 2 is 2.23 bits per heavy atom. The first kappa shape index (κ1) is 10.5. The van der Waals surface area contributed by atoms with Crippen LogP contribution in [0.5, 0.6) is 0 Å². The molecule has 0 spiro atoms. The fourth-order valence-corrected chi connectivity index (χ4v) is 1.47. The molecule has 0 saturated carbocycles. The van der Waals surface area contributed by atoms with E-state index in [1.54, 1.807) is 0 Å². The number of aryl methyl sites for hydroxylation is 1. The third kappa shape index (κ3) is 2.98. The molecular formula is C11H14BrN. The molecule has 13 heavy (non-hydrogen) atoms. The lowest BCUT2D eigenvalue weighted by Crippen LogP contribution is -1.99. The molecule has 0 heterocycles. The monoisotopic (exact) mass is 239 g/mol. The fourth-order valence-electron chi connectivity index (χ4n) is 1.09. The fraction of sp³-hybridized carbons (Fsp3) is 0.273. The molecule has 70 valence electrons. The van der Waals surface area contributed by atoms with Crippen LogP contribution in [0.4, 0.5) is 0 Å². The van der Waals surface area contributed by atoms with Gasteiger partial charge in [0.05, 0.1) is 0 Å². The molecule has 1 aromatic carbocycles. The Balaban J connectivity index is 3.07. The van der Waals surface area contributed by atoms with E-state index in [4.69, 9.17) is 5.73 Å². The molecule has 1 rings (SSSR count). The molecule has 1 nitrogen and oxygen atoms in total. The summed E-state index contributed by atoms with van der Waals surface area (Å²) in [6, 6.07) is 6.25. The van der Waals surface area contributed by atoms with Gasteiger partial charge in [-0.3, -0.25) is 0 Å². The van der Waals surface area contributed by atoms with Crippen LogP contribution in [0, 0.1) is 6.92 Å². The van der Waals surface area contributed by atoms with Crippen LogP contribution in [0.2, 0.25) is 0 Å². The first-order valence-electron chi connectivity index (χ1n) is 4.27. The second-order valence-electron chi connectivity index (χ2n) is 3.20. The van der Waals surface area contributed by atoms with Crippen LogP contribution in [-0.4, -0.2) is 6.54 Å². The predicted molar refractivity (Wildman–Crippen MR) is 61.6 cm³/mol. The maximum atomic E-state index is 5.53. The summed E-state index contributed by atoms with van der Waals surface area (Å²) in [6.45, 7) is 4.76. The SMILES string of the molecule is C/C(=C/c1cc(Br)ccc1C)CN. The standard InChI is InChI=1S/C11H14BrN/c1-8(7-13)5-10-6-11(12)4-3-9(10)2/h3-6H,7,13H2,1-2H3/b8-5-. The summed E-state index contributed by atoms with van der Waals surface area (Å²) < 4.78 is 1.11. The average molecular weight is 240 g/mol. The smallest absolute Gasteiger partial charge is 0.0181 e. The Hall–Kier alpha value is -0.600. The number of nitrogens with two attached hydrogens (primary N) is 1. The minimum absolute atomic E-state index is 0.617. The molecule has 0 radical (unpaired) electrons. The van der Waals surface area contributed by atoms with Crippen molar-refractivity contribution in [2.75, 3.05) is 6.54 Å². The van der Waals surface area contributed by atoms with Gasteiger partial charge in [-0.25, -0.2) is 0 Å².